The maximum Gasteiger partial charge on any atom is 0.143 e. The van der Waals surface area contributed by atoms with Crippen molar-refractivity contribution in [2.75, 3.05) is 10.2 Å². The fourth-order valence-electron chi connectivity index (χ4n) is 17.3. The van der Waals surface area contributed by atoms with Gasteiger partial charge in [-0.05, 0) is 162 Å². The molecule has 0 fully saturated rings. The highest BCUT2D eigenvalue weighted by Crippen LogP contribution is 2.57. The summed E-state index contributed by atoms with van der Waals surface area (Å²) in [6.07, 6.45) is 0. The van der Waals surface area contributed by atoms with Gasteiger partial charge in [-0.25, -0.2) is 0 Å². The van der Waals surface area contributed by atoms with Crippen molar-refractivity contribution < 1.29 is 8.83 Å². The predicted molar refractivity (Wildman–Crippen MR) is 434 cm³/mol. The SMILES string of the molecule is C.CC1(C)c2ccccc2-c2c(Nc3ccc(-c4cccc5c4oc4ccccc45)cc3)cccc21.CC1(C)c2ccccc2-c2ccc(Br)cc21.CC1(C)c2ccccc2-c2ccc(N(c3ccc(-c4cccc5c4oc4ccccc45)cc3)c3cccc4c3-c3ccccc3C4(C)C)cc21. The van der Waals surface area contributed by atoms with Gasteiger partial charge in [0.15, 0.2) is 0 Å². The Morgan fingerprint density at radius 1 is 0.294 bits per heavy atom. The molecule has 0 saturated heterocycles. The van der Waals surface area contributed by atoms with Crippen LogP contribution in [-0.2, 0) is 21.7 Å². The third-order valence-corrected chi connectivity index (χ3v) is 23.0. The molecule has 0 bridgehead atoms. The second-order valence-electron chi connectivity index (χ2n) is 29.7. The van der Waals surface area contributed by atoms with Crippen molar-refractivity contribution in [1.29, 1.82) is 0 Å². The smallest absolute Gasteiger partial charge is 0.143 e. The van der Waals surface area contributed by atoms with Gasteiger partial charge in [0, 0.05) is 92.7 Å². The summed E-state index contributed by atoms with van der Waals surface area (Å²) >= 11 is 3.56. The monoisotopic (exact) mass is 1380 g/mol. The average Bonchev–Trinajstić information content (AvgIpc) is 1.55. The number of nitrogens with zero attached hydrogens (tertiary/aromatic N) is 1. The van der Waals surface area contributed by atoms with E-state index in [9.17, 15) is 0 Å². The van der Waals surface area contributed by atoms with Crippen LogP contribution in [0.2, 0.25) is 0 Å². The van der Waals surface area contributed by atoms with Crippen LogP contribution < -0.4 is 10.2 Å². The first-order valence-corrected chi connectivity index (χ1v) is 36.0. The minimum atomic E-state index is -0.101. The molecule has 14 aromatic carbocycles. The minimum Gasteiger partial charge on any atom is -0.455 e. The van der Waals surface area contributed by atoms with E-state index in [1.807, 2.05) is 24.3 Å². The molecule has 0 aliphatic heterocycles. The van der Waals surface area contributed by atoms with E-state index < -0.39 is 0 Å². The van der Waals surface area contributed by atoms with Crippen LogP contribution in [0.1, 0.15) is 107 Å². The van der Waals surface area contributed by atoms with E-state index in [1.165, 1.54) is 94.7 Å². The molecule has 102 heavy (non-hydrogen) atoms. The maximum atomic E-state index is 6.44. The molecule has 0 radical (unpaired) electrons. The van der Waals surface area contributed by atoms with Gasteiger partial charge in [0.1, 0.15) is 22.3 Å². The zero-order valence-corrected chi connectivity index (χ0v) is 59.6. The molecule has 5 heteroatoms. The van der Waals surface area contributed by atoms with Crippen LogP contribution in [0.4, 0.5) is 28.4 Å². The zero-order valence-electron chi connectivity index (χ0n) is 58.0. The number of anilines is 5. The Hall–Kier alpha value is -11.2. The fourth-order valence-corrected chi connectivity index (χ4v) is 17.7. The molecule has 16 aromatic rings. The first kappa shape index (κ1) is 64.2. The Bertz CT molecular complexity index is 6020. The van der Waals surface area contributed by atoms with E-state index in [0.29, 0.717) is 0 Å². The van der Waals surface area contributed by atoms with Crippen LogP contribution in [0.5, 0.6) is 0 Å². The molecule has 0 atom stereocenters. The van der Waals surface area contributed by atoms with Crippen molar-refractivity contribution >= 4 is 88.2 Å². The summed E-state index contributed by atoms with van der Waals surface area (Å²) in [5.41, 5.74) is 35.6. The van der Waals surface area contributed by atoms with Crippen LogP contribution in [0.15, 0.2) is 317 Å². The molecule has 0 unspecified atom stereocenters. The lowest BCUT2D eigenvalue weighted by Gasteiger charge is -2.30. The molecule has 0 amide bonds. The van der Waals surface area contributed by atoms with Crippen LogP contribution in [0.3, 0.4) is 0 Å². The largest absolute Gasteiger partial charge is 0.455 e. The molecule has 1 N–H and O–H groups in total. The topological polar surface area (TPSA) is 41.6 Å². The van der Waals surface area contributed by atoms with Gasteiger partial charge in [0.2, 0.25) is 0 Å². The molecule has 20 rings (SSSR count). The van der Waals surface area contributed by atoms with Crippen molar-refractivity contribution in [1.82, 2.24) is 0 Å². The summed E-state index contributed by atoms with van der Waals surface area (Å²) in [5, 5.41) is 8.30. The molecular formula is C97H79BrN2O2. The number of benzene rings is 14. The van der Waals surface area contributed by atoms with Gasteiger partial charge in [0.25, 0.3) is 0 Å². The molecule has 2 heterocycles. The van der Waals surface area contributed by atoms with Crippen LogP contribution in [-0.4, -0.2) is 0 Å². The van der Waals surface area contributed by atoms with E-state index in [2.05, 4.69) is 361 Å². The van der Waals surface area contributed by atoms with E-state index >= 15 is 0 Å². The predicted octanol–water partition coefficient (Wildman–Crippen LogP) is 28.0. The Kier molecular flexibility index (Phi) is 15.3. The number of furan rings is 2. The van der Waals surface area contributed by atoms with Crippen molar-refractivity contribution in [3.8, 4) is 66.8 Å². The number of halogens is 1. The van der Waals surface area contributed by atoms with Crippen LogP contribution in [0, 0.1) is 0 Å². The first-order chi connectivity index (χ1) is 49.0. The number of hydrogen-bond acceptors (Lipinski definition) is 4. The summed E-state index contributed by atoms with van der Waals surface area (Å²) in [4.78, 5) is 2.47. The van der Waals surface area contributed by atoms with Gasteiger partial charge in [0.05, 0.1) is 5.69 Å². The van der Waals surface area contributed by atoms with Crippen molar-refractivity contribution in [3.63, 3.8) is 0 Å². The van der Waals surface area contributed by atoms with Gasteiger partial charge in [-0.15, -0.1) is 0 Å². The number of fused-ring (bicyclic) bond motifs is 18. The van der Waals surface area contributed by atoms with Crippen LogP contribution in [0.25, 0.3) is 111 Å². The zero-order chi connectivity index (χ0) is 68.7. The number of para-hydroxylation sites is 4. The van der Waals surface area contributed by atoms with Gasteiger partial charge >= 0.3 is 0 Å². The minimum absolute atomic E-state index is 0. The Balaban J connectivity index is 0.000000128. The molecule has 0 saturated carbocycles. The van der Waals surface area contributed by atoms with E-state index in [1.54, 1.807) is 0 Å². The highest BCUT2D eigenvalue weighted by atomic mass is 79.9. The van der Waals surface area contributed by atoms with E-state index in [-0.39, 0.29) is 29.1 Å². The van der Waals surface area contributed by atoms with Crippen molar-refractivity contribution in [2.24, 2.45) is 0 Å². The number of rotatable bonds is 7. The summed E-state index contributed by atoms with van der Waals surface area (Å²) < 4.78 is 13.8. The Morgan fingerprint density at radius 2 is 0.667 bits per heavy atom. The third-order valence-electron chi connectivity index (χ3n) is 22.5. The van der Waals surface area contributed by atoms with Crippen molar-refractivity contribution in [2.45, 2.75) is 84.5 Å². The van der Waals surface area contributed by atoms with Gasteiger partial charge in [-0.2, -0.15) is 0 Å². The standard InChI is InChI=1S/C48H37NO.C33H25NO.C15H13Br.CH4/c1-47(2)40-19-9-6-15-38(40)45-41(47)20-12-21-43(45)49(32-27-28-35-34-13-5-8-18-39(34)48(3,4)42(35)29-32)31-25-23-30(24-26-31)33-16-11-17-37-36-14-7-10-22-44(36)50-46(33)37;1-33(2)27-13-5-3-10-26(27)31-28(33)14-8-15-29(31)34-22-19-17-21(18-20-22)23-11-7-12-25-24-9-4-6-16-30(24)35-32(23)25;1-15(2)13-6-4-3-5-11(13)12-8-7-10(16)9-14(12)15;/h5-29H,1-4H3;3-20,34H,1-2H3;3-9H,1-2H3;1H4. The number of hydrogen-bond donors (Lipinski definition) is 1. The van der Waals surface area contributed by atoms with Crippen molar-refractivity contribution in [3.05, 3.63) is 352 Å². The lowest BCUT2D eigenvalue weighted by Crippen LogP contribution is -2.17. The molecule has 2 aromatic heterocycles. The Morgan fingerprint density at radius 3 is 1.22 bits per heavy atom. The lowest BCUT2D eigenvalue weighted by molar-refractivity contribution is 0.660. The van der Waals surface area contributed by atoms with E-state index in [4.69, 9.17) is 8.83 Å². The molecule has 4 nitrogen and oxygen atoms in total. The maximum absolute atomic E-state index is 6.44. The summed E-state index contributed by atoms with van der Waals surface area (Å²) in [6, 6.07) is 109. The lowest BCUT2D eigenvalue weighted by atomic mass is 9.82. The fraction of sp³-hybridized carbons (Fsp3) is 0.134. The quantitative estimate of drug-likeness (QED) is 0.173. The Labute approximate surface area is 606 Å². The normalized spacial score (nSPS) is 14.4. The average molecular weight is 1380 g/mol. The summed E-state index contributed by atoms with van der Waals surface area (Å²) in [6.45, 7) is 18.7. The highest BCUT2D eigenvalue weighted by Gasteiger charge is 2.41. The molecule has 4 aliphatic rings. The van der Waals surface area contributed by atoms with Gasteiger partial charge in [-0.3, -0.25) is 0 Å². The van der Waals surface area contributed by atoms with Gasteiger partial charge < -0.3 is 19.1 Å². The van der Waals surface area contributed by atoms with Crippen LogP contribution >= 0.6 is 15.9 Å². The summed E-state index contributed by atoms with van der Waals surface area (Å²) in [5.74, 6) is 0. The third kappa shape index (κ3) is 10.1. The summed E-state index contributed by atoms with van der Waals surface area (Å²) in [7, 11) is 0. The first-order valence-electron chi connectivity index (χ1n) is 35.2. The molecular weight excluding hydrogens is 1300 g/mol. The molecule has 4 aliphatic carbocycles. The second kappa shape index (κ2) is 24.3. The molecule has 0 spiro atoms. The second-order valence-corrected chi connectivity index (χ2v) is 30.6. The number of nitrogens with one attached hydrogen (secondary N) is 1. The van der Waals surface area contributed by atoms with E-state index in [0.717, 1.165) is 93.4 Å². The van der Waals surface area contributed by atoms with Gasteiger partial charge in [-0.1, -0.05) is 309 Å². The molecule has 496 valence electrons. The highest BCUT2D eigenvalue weighted by molar-refractivity contribution is 9.10.